The molecule has 0 radical (unpaired) electrons. The van der Waals surface area contributed by atoms with Crippen molar-refractivity contribution in [2.75, 3.05) is 0 Å². The van der Waals surface area contributed by atoms with Crippen LogP contribution in [0.1, 0.15) is 105 Å². The van der Waals surface area contributed by atoms with Crippen molar-refractivity contribution in [2.45, 2.75) is 93.7 Å². The summed E-state index contributed by atoms with van der Waals surface area (Å²) in [6.45, 7) is 2.98. The minimum Gasteiger partial charge on any atom is -0.361 e. The molecule has 13 nitrogen and oxygen atoms in total. The first kappa shape index (κ1) is 50.5. The van der Waals surface area contributed by atoms with E-state index >= 15 is 0 Å². The Morgan fingerprint density at radius 2 is 0.631 bits per heavy atom. The van der Waals surface area contributed by atoms with Crippen LogP contribution in [-0.4, -0.2) is 62.3 Å². The molecule has 0 aliphatic carbocycles. The second kappa shape index (κ2) is 19.7. The SMILES string of the molecule is O=C1NC(=O)[C@@H](c2cn3c4c(cccc24)CCC3)[C@@H]1c1c[nH]c2ccccc12.O=C1NC(=S)[C@@H](c2c[nH]c3ccccc23)[C@@H]1c1cn2c3c(cccc13)CCC2.O=C1NC(=S)[C@@H](c2cn3c4c(cccc24)CCC3)[C@@H]1c1c[nH]c2ccccc12. The van der Waals surface area contributed by atoms with Gasteiger partial charge in [0, 0.05) is 106 Å². The molecule has 3 saturated heterocycles. The number of aromatic amines is 3. The van der Waals surface area contributed by atoms with Gasteiger partial charge in [-0.25, -0.2) is 0 Å². The van der Waals surface area contributed by atoms with E-state index in [1.807, 2.05) is 73.2 Å². The summed E-state index contributed by atoms with van der Waals surface area (Å²) in [6.07, 6.45) is 19.0. The van der Waals surface area contributed by atoms with Crippen molar-refractivity contribution in [1.29, 1.82) is 0 Å². The molecule has 0 unspecified atom stereocenters. The lowest BCUT2D eigenvalue weighted by Gasteiger charge is -2.16. The summed E-state index contributed by atoms with van der Waals surface area (Å²) in [7, 11) is 0. The number of carbonyl (C=O) groups is 4. The third-order valence-corrected chi connectivity index (χ3v) is 19.6. The van der Waals surface area contributed by atoms with Gasteiger partial charge >= 0.3 is 0 Å². The lowest BCUT2D eigenvalue weighted by atomic mass is 9.83. The van der Waals surface area contributed by atoms with Gasteiger partial charge in [-0.2, -0.15) is 0 Å². The Hall–Kier alpha value is -9.18. The molecule has 18 rings (SSSR count). The fourth-order valence-electron chi connectivity index (χ4n) is 15.3. The Balaban J connectivity index is 0.000000103. The topological polar surface area (TPSA) is 167 Å². The highest BCUT2D eigenvalue weighted by Crippen LogP contribution is 2.48. The molecule has 15 heteroatoms. The number of benzene rings is 6. The van der Waals surface area contributed by atoms with Crippen LogP contribution in [0.3, 0.4) is 0 Å². The normalized spacial score (nSPS) is 21.6. The highest BCUT2D eigenvalue weighted by atomic mass is 32.1. The molecule has 414 valence electrons. The monoisotopic (exact) mass is 1140 g/mol. The largest absolute Gasteiger partial charge is 0.361 e. The number of para-hydroxylation sites is 6. The zero-order chi connectivity index (χ0) is 56.5. The van der Waals surface area contributed by atoms with Gasteiger partial charge in [0.25, 0.3) is 0 Å². The molecular weight excluding hydrogens is 1080 g/mol. The van der Waals surface area contributed by atoms with Gasteiger partial charge in [0.05, 0.1) is 62.0 Å². The number of rotatable bonds is 6. The number of nitrogens with one attached hydrogen (secondary N) is 6. The van der Waals surface area contributed by atoms with E-state index in [-0.39, 0.29) is 47.3 Å². The molecule has 6 aromatic heterocycles. The molecule has 12 aromatic rings. The van der Waals surface area contributed by atoms with Crippen molar-refractivity contribution >= 4 is 123 Å². The lowest BCUT2D eigenvalue weighted by molar-refractivity contribution is -0.125. The molecule has 6 aliphatic heterocycles. The zero-order valence-electron chi connectivity index (χ0n) is 45.7. The van der Waals surface area contributed by atoms with Crippen LogP contribution >= 0.6 is 24.4 Å². The fourth-order valence-corrected chi connectivity index (χ4v) is 16.0. The van der Waals surface area contributed by atoms with Crippen LogP contribution in [0.2, 0.25) is 0 Å². The average Bonchev–Trinajstić information content (AvgIpc) is 1.85. The molecule has 4 amide bonds. The number of hydrogen-bond donors (Lipinski definition) is 6. The van der Waals surface area contributed by atoms with Gasteiger partial charge in [-0.15, -0.1) is 0 Å². The Morgan fingerprint density at radius 1 is 0.333 bits per heavy atom. The van der Waals surface area contributed by atoms with Crippen molar-refractivity contribution in [3.8, 4) is 0 Å². The van der Waals surface area contributed by atoms with E-state index in [1.54, 1.807) is 0 Å². The molecule has 0 spiro atoms. The van der Waals surface area contributed by atoms with Crippen LogP contribution in [0.15, 0.2) is 165 Å². The Morgan fingerprint density at radius 3 is 1.04 bits per heavy atom. The molecule has 3 fully saturated rings. The molecule has 0 saturated carbocycles. The summed E-state index contributed by atoms with van der Waals surface area (Å²) >= 11 is 11.3. The number of nitrogens with zero attached hydrogens (tertiary/aromatic N) is 3. The van der Waals surface area contributed by atoms with Gasteiger partial charge in [0.2, 0.25) is 23.6 Å². The first-order chi connectivity index (χ1) is 41.2. The summed E-state index contributed by atoms with van der Waals surface area (Å²) in [6, 6.07) is 43.5. The molecular formula is C69H57N9O4S2. The zero-order valence-corrected chi connectivity index (χ0v) is 47.3. The van der Waals surface area contributed by atoms with Crippen LogP contribution < -0.4 is 16.0 Å². The highest BCUT2D eigenvalue weighted by Gasteiger charge is 2.47. The predicted molar refractivity (Wildman–Crippen MR) is 337 cm³/mol. The second-order valence-electron chi connectivity index (χ2n) is 23.4. The Bertz CT molecular complexity index is 4320. The molecule has 6 atom stereocenters. The van der Waals surface area contributed by atoms with E-state index in [0.29, 0.717) is 9.98 Å². The summed E-state index contributed by atoms with van der Waals surface area (Å²) in [5, 5.41) is 15.2. The van der Waals surface area contributed by atoms with E-state index < -0.39 is 11.8 Å². The van der Waals surface area contributed by atoms with E-state index in [0.717, 1.165) is 130 Å². The standard InChI is InChI=1S/C23H19N3O2.2C23H19N3OS/c27-22-19(16-11-24-18-9-2-1-7-14(16)18)20(23(28)25-22)17-12-26-10-4-6-13-5-3-8-15(17)21(13)26;27-22-19(17-12-26-10-4-6-13-5-3-8-15(17)21(13)26)20(23(28)25-22)16-11-24-18-9-2-1-7-14(16)18;27-22-19(16-11-24-18-9-2-1-7-14(16)18)20(23(28)25-22)17-12-26-10-4-6-13-5-3-8-15(17)21(13)26/h3*1-3,5,7-9,11-12,19-20,24H,4,6,10H2,(H,25,27,28)/t3*19-,20-/m000/s1. The third kappa shape index (κ3) is 7.84. The van der Waals surface area contributed by atoms with Crippen molar-refractivity contribution in [1.82, 2.24) is 44.6 Å². The smallest absolute Gasteiger partial charge is 0.235 e. The number of imide groups is 1. The van der Waals surface area contributed by atoms with Crippen molar-refractivity contribution in [3.63, 3.8) is 0 Å². The van der Waals surface area contributed by atoms with Gasteiger partial charge < -0.3 is 39.3 Å². The van der Waals surface area contributed by atoms with Crippen LogP contribution in [0.25, 0.3) is 65.4 Å². The maximum Gasteiger partial charge on any atom is 0.235 e. The number of hydrogen-bond acceptors (Lipinski definition) is 6. The number of aromatic nitrogens is 6. The van der Waals surface area contributed by atoms with Crippen molar-refractivity contribution in [2.24, 2.45) is 0 Å². The first-order valence-corrected chi connectivity index (χ1v) is 30.0. The molecule has 12 heterocycles. The molecule has 84 heavy (non-hydrogen) atoms. The van der Waals surface area contributed by atoms with Crippen LogP contribution in [-0.2, 0) is 58.1 Å². The van der Waals surface area contributed by atoms with Crippen molar-refractivity contribution < 1.29 is 19.2 Å². The minimum absolute atomic E-state index is 0.00369. The first-order valence-electron chi connectivity index (χ1n) is 29.2. The van der Waals surface area contributed by atoms with Gasteiger partial charge in [0.1, 0.15) is 0 Å². The molecule has 6 aromatic carbocycles. The number of thiocarbonyl (C=S) groups is 2. The number of aryl methyl sites for hydroxylation is 6. The summed E-state index contributed by atoms with van der Waals surface area (Å²) in [4.78, 5) is 63.0. The average molecular weight is 1140 g/mol. The fraction of sp³-hybridized carbons (Fsp3) is 0.217. The van der Waals surface area contributed by atoms with Crippen LogP contribution in [0.4, 0.5) is 0 Å². The minimum atomic E-state index is -0.521. The summed E-state index contributed by atoms with van der Waals surface area (Å²) < 4.78 is 6.93. The number of amides is 4. The van der Waals surface area contributed by atoms with E-state index in [1.165, 1.54) is 44.0 Å². The summed E-state index contributed by atoms with van der Waals surface area (Å²) in [5.74, 6) is -2.36. The summed E-state index contributed by atoms with van der Waals surface area (Å²) in [5.41, 5.74) is 17.2. The Kier molecular flexibility index (Phi) is 11.9. The van der Waals surface area contributed by atoms with Gasteiger partial charge in [-0.3, -0.25) is 24.5 Å². The number of carbonyl (C=O) groups excluding carboxylic acids is 4. The second-order valence-corrected chi connectivity index (χ2v) is 24.3. The maximum atomic E-state index is 13.1. The number of H-pyrrole nitrogens is 3. The molecule has 6 aliphatic rings. The lowest BCUT2D eigenvalue weighted by Crippen LogP contribution is -2.21. The van der Waals surface area contributed by atoms with Gasteiger partial charge in [-0.1, -0.05) is 134 Å². The van der Waals surface area contributed by atoms with Crippen LogP contribution in [0, 0.1) is 0 Å². The molecule has 6 N–H and O–H groups in total. The third-order valence-electron chi connectivity index (χ3n) is 18.9. The van der Waals surface area contributed by atoms with Gasteiger partial charge in [-0.05, 0) is 107 Å². The molecule has 0 bridgehead atoms. The number of fused-ring (bicyclic) bond motifs is 3. The van der Waals surface area contributed by atoms with Gasteiger partial charge in [0.15, 0.2) is 0 Å². The van der Waals surface area contributed by atoms with E-state index in [2.05, 4.69) is 136 Å². The van der Waals surface area contributed by atoms with E-state index in [9.17, 15) is 19.2 Å². The maximum absolute atomic E-state index is 13.1. The quantitative estimate of drug-likeness (QED) is 0.0716. The highest BCUT2D eigenvalue weighted by molar-refractivity contribution is 7.80. The van der Waals surface area contributed by atoms with E-state index in [4.69, 9.17) is 24.4 Å². The van der Waals surface area contributed by atoms with Crippen molar-refractivity contribution in [3.05, 3.63) is 215 Å². The van der Waals surface area contributed by atoms with Crippen LogP contribution in [0.5, 0.6) is 0 Å². The predicted octanol–water partition coefficient (Wildman–Crippen LogP) is 12.4. The Labute approximate surface area is 492 Å².